The lowest BCUT2D eigenvalue weighted by atomic mass is 10.2. The quantitative estimate of drug-likeness (QED) is 0.875. The van der Waals surface area contributed by atoms with Crippen molar-refractivity contribution in [3.8, 4) is 0 Å². The van der Waals surface area contributed by atoms with Crippen LogP contribution in [-0.2, 0) is 22.2 Å². The zero-order valence-corrected chi connectivity index (χ0v) is 13.4. The maximum Gasteiger partial charge on any atom is 0.215 e. The van der Waals surface area contributed by atoms with E-state index in [9.17, 15) is 8.42 Å². The van der Waals surface area contributed by atoms with E-state index in [0.29, 0.717) is 28.6 Å². The third-order valence-corrected chi connectivity index (χ3v) is 4.50. The van der Waals surface area contributed by atoms with E-state index in [1.165, 1.54) is 0 Å². The van der Waals surface area contributed by atoms with Crippen molar-refractivity contribution in [2.24, 2.45) is 0 Å². The van der Waals surface area contributed by atoms with Gasteiger partial charge >= 0.3 is 0 Å². The van der Waals surface area contributed by atoms with Crippen LogP contribution in [0.1, 0.15) is 11.3 Å². The van der Waals surface area contributed by atoms with Crippen molar-refractivity contribution < 1.29 is 8.42 Å². The molecule has 0 aliphatic rings. The van der Waals surface area contributed by atoms with Crippen LogP contribution in [0.2, 0.25) is 10.0 Å². The minimum absolute atomic E-state index is 0.157. The summed E-state index contributed by atoms with van der Waals surface area (Å²) in [6, 6.07) is 10.3. The highest BCUT2D eigenvalue weighted by Gasteiger charge is 2.12. The molecule has 0 amide bonds. The lowest BCUT2D eigenvalue weighted by Crippen LogP contribution is -2.27. The second-order valence-electron chi connectivity index (χ2n) is 4.50. The van der Waals surface area contributed by atoms with E-state index >= 15 is 0 Å². The van der Waals surface area contributed by atoms with Gasteiger partial charge in [-0.3, -0.25) is 4.98 Å². The summed E-state index contributed by atoms with van der Waals surface area (Å²) < 4.78 is 26.5. The molecule has 0 saturated carbocycles. The average Bonchev–Trinajstić information content (AvgIpc) is 2.37. The fourth-order valence-electron chi connectivity index (χ4n) is 1.85. The van der Waals surface area contributed by atoms with Gasteiger partial charge in [0.25, 0.3) is 0 Å². The van der Waals surface area contributed by atoms with E-state index in [0.717, 1.165) is 5.69 Å². The second kappa shape index (κ2) is 7.22. The highest BCUT2D eigenvalue weighted by atomic mass is 35.5. The number of benzene rings is 1. The van der Waals surface area contributed by atoms with Gasteiger partial charge in [-0.05, 0) is 35.9 Å². The molecule has 0 bridgehead atoms. The van der Waals surface area contributed by atoms with Gasteiger partial charge in [0.2, 0.25) is 10.0 Å². The first kappa shape index (κ1) is 16.2. The Morgan fingerprint density at radius 3 is 2.43 bits per heavy atom. The average molecular weight is 345 g/mol. The summed E-state index contributed by atoms with van der Waals surface area (Å²) in [5.74, 6) is -0.157. The fourth-order valence-corrected chi connectivity index (χ4v) is 3.54. The van der Waals surface area contributed by atoms with E-state index in [1.54, 1.807) is 24.4 Å². The smallest absolute Gasteiger partial charge is 0.215 e. The Bertz CT molecular complexity index is 686. The highest BCUT2D eigenvalue weighted by molar-refractivity contribution is 7.88. The number of nitrogens with zero attached hydrogens (tertiary/aromatic N) is 1. The van der Waals surface area contributed by atoms with Crippen LogP contribution in [0, 0.1) is 0 Å². The molecule has 0 aliphatic carbocycles. The second-order valence-corrected chi connectivity index (χ2v) is 7.18. The maximum absolute atomic E-state index is 12.0. The Morgan fingerprint density at radius 2 is 1.81 bits per heavy atom. The zero-order chi connectivity index (χ0) is 15.3. The molecule has 21 heavy (non-hydrogen) atoms. The molecule has 0 unspecified atom stereocenters. The third-order valence-electron chi connectivity index (χ3n) is 2.71. The Labute approximate surface area is 134 Å². The summed E-state index contributed by atoms with van der Waals surface area (Å²) in [6.45, 7) is 0.299. The van der Waals surface area contributed by atoms with Crippen LogP contribution < -0.4 is 4.72 Å². The standard InChI is InChI=1S/C14H14Cl2N2O2S/c15-12-7-11(8-13(16)9-12)10-21(19,20)18-6-4-14-3-1-2-5-17-14/h1-3,5,7-9,18H,4,6,10H2. The molecule has 0 aliphatic heterocycles. The fraction of sp³-hybridized carbons (Fsp3) is 0.214. The summed E-state index contributed by atoms with van der Waals surface area (Å²) in [4.78, 5) is 4.14. The number of pyridine rings is 1. The Kier molecular flexibility index (Phi) is 5.58. The van der Waals surface area contributed by atoms with Crippen LogP contribution >= 0.6 is 23.2 Å². The number of nitrogens with one attached hydrogen (secondary N) is 1. The molecule has 1 N–H and O–H groups in total. The Hall–Kier alpha value is -1.14. The lowest BCUT2D eigenvalue weighted by Gasteiger charge is -2.07. The molecule has 0 saturated heterocycles. The summed E-state index contributed by atoms with van der Waals surface area (Å²) in [6.07, 6.45) is 2.22. The molecule has 0 spiro atoms. The lowest BCUT2D eigenvalue weighted by molar-refractivity contribution is 0.580. The van der Waals surface area contributed by atoms with Crippen LogP contribution in [0.25, 0.3) is 0 Å². The van der Waals surface area contributed by atoms with Crippen molar-refractivity contribution in [1.82, 2.24) is 9.71 Å². The number of halogens is 2. The van der Waals surface area contributed by atoms with Gasteiger partial charge < -0.3 is 0 Å². The predicted molar refractivity (Wildman–Crippen MR) is 85.0 cm³/mol. The van der Waals surface area contributed by atoms with Gasteiger partial charge in [0.1, 0.15) is 0 Å². The number of rotatable bonds is 6. The summed E-state index contributed by atoms with van der Waals surface area (Å²) in [7, 11) is -3.43. The topological polar surface area (TPSA) is 59.1 Å². The molecule has 2 aromatic rings. The third kappa shape index (κ3) is 5.63. The van der Waals surface area contributed by atoms with Crippen LogP contribution in [0.3, 0.4) is 0 Å². The molecule has 1 heterocycles. The first-order valence-electron chi connectivity index (χ1n) is 6.27. The molecular weight excluding hydrogens is 331 g/mol. The van der Waals surface area contributed by atoms with Crippen LogP contribution in [-0.4, -0.2) is 19.9 Å². The first-order chi connectivity index (χ1) is 9.94. The van der Waals surface area contributed by atoms with Gasteiger partial charge in [0.15, 0.2) is 0 Å². The number of aromatic nitrogens is 1. The van der Waals surface area contributed by atoms with E-state index < -0.39 is 10.0 Å². The van der Waals surface area contributed by atoms with Crippen molar-refractivity contribution in [3.05, 3.63) is 63.9 Å². The molecule has 1 aromatic heterocycles. The summed E-state index contributed by atoms with van der Waals surface area (Å²) >= 11 is 11.7. The summed E-state index contributed by atoms with van der Waals surface area (Å²) in [5, 5.41) is 0.836. The van der Waals surface area contributed by atoms with Crippen LogP contribution in [0.4, 0.5) is 0 Å². The molecule has 1 aromatic carbocycles. The van der Waals surface area contributed by atoms with Crippen molar-refractivity contribution >= 4 is 33.2 Å². The zero-order valence-electron chi connectivity index (χ0n) is 11.1. The van der Waals surface area contributed by atoms with Crippen molar-refractivity contribution in [2.75, 3.05) is 6.54 Å². The van der Waals surface area contributed by atoms with Crippen LogP contribution in [0.5, 0.6) is 0 Å². The molecule has 4 nitrogen and oxygen atoms in total. The van der Waals surface area contributed by atoms with Crippen molar-refractivity contribution in [2.45, 2.75) is 12.2 Å². The molecule has 2 rings (SSSR count). The normalized spacial score (nSPS) is 11.5. The van der Waals surface area contributed by atoms with Gasteiger partial charge in [-0.2, -0.15) is 0 Å². The highest BCUT2D eigenvalue weighted by Crippen LogP contribution is 2.20. The van der Waals surface area contributed by atoms with Crippen molar-refractivity contribution in [1.29, 1.82) is 0 Å². The maximum atomic E-state index is 12.0. The Balaban J connectivity index is 1.93. The largest absolute Gasteiger partial charge is 0.261 e. The minimum atomic E-state index is -3.43. The first-order valence-corrected chi connectivity index (χ1v) is 8.68. The molecule has 0 fully saturated rings. The molecule has 0 radical (unpaired) electrons. The van der Waals surface area contributed by atoms with Gasteiger partial charge in [0, 0.05) is 34.9 Å². The predicted octanol–water partition coefficient (Wildman–Crippen LogP) is 3.05. The van der Waals surface area contributed by atoms with Crippen LogP contribution in [0.15, 0.2) is 42.6 Å². The van der Waals surface area contributed by atoms with E-state index in [4.69, 9.17) is 23.2 Å². The van der Waals surface area contributed by atoms with E-state index in [2.05, 4.69) is 9.71 Å². The molecular formula is C14H14Cl2N2O2S. The summed E-state index contributed by atoms with van der Waals surface area (Å²) in [5.41, 5.74) is 1.39. The number of sulfonamides is 1. The number of hydrogen-bond donors (Lipinski definition) is 1. The van der Waals surface area contributed by atoms with Gasteiger partial charge in [-0.15, -0.1) is 0 Å². The van der Waals surface area contributed by atoms with E-state index in [1.807, 2.05) is 18.2 Å². The van der Waals surface area contributed by atoms with Gasteiger partial charge in [0.05, 0.1) is 5.75 Å². The van der Waals surface area contributed by atoms with Gasteiger partial charge in [-0.1, -0.05) is 29.3 Å². The van der Waals surface area contributed by atoms with Gasteiger partial charge in [-0.25, -0.2) is 13.1 Å². The SMILES string of the molecule is O=S(=O)(Cc1cc(Cl)cc(Cl)c1)NCCc1ccccn1. The molecule has 0 atom stereocenters. The Morgan fingerprint density at radius 1 is 1.10 bits per heavy atom. The monoisotopic (exact) mass is 344 g/mol. The number of hydrogen-bond acceptors (Lipinski definition) is 3. The molecule has 112 valence electrons. The minimum Gasteiger partial charge on any atom is -0.261 e. The molecule has 7 heteroatoms. The van der Waals surface area contributed by atoms with E-state index in [-0.39, 0.29) is 5.75 Å². The van der Waals surface area contributed by atoms with Crippen molar-refractivity contribution in [3.63, 3.8) is 0 Å².